The number of hydrogen-bond donors (Lipinski definition) is 3. The van der Waals surface area contributed by atoms with Crippen LogP contribution in [0.15, 0.2) is 23.1 Å². The summed E-state index contributed by atoms with van der Waals surface area (Å²) in [5.41, 5.74) is -2.34. The molecule has 2 heterocycles. The lowest BCUT2D eigenvalue weighted by atomic mass is 9.61. The summed E-state index contributed by atoms with van der Waals surface area (Å²) in [5, 5.41) is 31.9. The number of carbonyl (C=O) groups excluding carboxylic acids is 1. The van der Waals surface area contributed by atoms with Crippen LogP contribution in [0, 0.1) is 29.6 Å². The Morgan fingerprint density at radius 3 is 2.73 bits per heavy atom. The van der Waals surface area contributed by atoms with E-state index in [0.717, 1.165) is 25.5 Å². The number of allylic oxidation sites excluding steroid dienone is 2. The van der Waals surface area contributed by atoms with E-state index >= 15 is 0 Å². The molecule has 3 N–H and O–H groups in total. The second-order valence-corrected chi connectivity index (χ2v) is 10.5. The van der Waals surface area contributed by atoms with Gasteiger partial charge in [-0.2, -0.15) is 4.73 Å². The monoisotopic (exact) mass is 459 g/mol. The van der Waals surface area contributed by atoms with E-state index in [-0.39, 0.29) is 28.9 Å². The summed E-state index contributed by atoms with van der Waals surface area (Å²) >= 11 is 0. The topological polar surface area (TPSA) is 122 Å². The summed E-state index contributed by atoms with van der Waals surface area (Å²) in [6.45, 7) is 4.19. The number of pyridine rings is 1. The molecular formula is C25H33NO7. The molecule has 1 aromatic heterocycles. The van der Waals surface area contributed by atoms with Gasteiger partial charge in [0.05, 0.1) is 12.3 Å². The van der Waals surface area contributed by atoms with Gasteiger partial charge in [0.2, 0.25) is 0 Å². The maximum atomic E-state index is 13.9. The van der Waals surface area contributed by atoms with Crippen molar-refractivity contribution in [1.29, 1.82) is 0 Å². The zero-order chi connectivity index (χ0) is 23.7. The van der Waals surface area contributed by atoms with Gasteiger partial charge in [0.1, 0.15) is 29.1 Å². The van der Waals surface area contributed by atoms with Gasteiger partial charge in [-0.25, -0.2) is 0 Å². The molecule has 0 aromatic carbocycles. The quantitative estimate of drug-likeness (QED) is 0.274. The number of aromatic hydroxyl groups is 1. The van der Waals surface area contributed by atoms with E-state index in [9.17, 15) is 25.0 Å². The largest absolute Gasteiger partial charge is 0.507 e. The zero-order valence-corrected chi connectivity index (χ0v) is 19.3. The van der Waals surface area contributed by atoms with Crippen molar-refractivity contribution in [2.24, 2.45) is 29.6 Å². The van der Waals surface area contributed by atoms with Crippen molar-refractivity contribution in [3.63, 3.8) is 0 Å². The molecule has 0 unspecified atom stereocenters. The summed E-state index contributed by atoms with van der Waals surface area (Å²) in [6.07, 6.45) is 7.36. The van der Waals surface area contributed by atoms with Crippen LogP contribution in [0.2, 0.25) is 0 Å². The van der Waals surface area contributed by atoms with Crippen LogP contribution >= 0.6 is 0 Å². The second kappa shape index (κ2) is 7.96. The average Bonchev–Trinajstić information content (AvgIpc) is 3.60. The van der Waals surface area contributed by atoms with Gasteiger partial charge in [-0.3, -0.25) is 9.59 Å². The first-order valence-corrected chi connectivity index (χ1v) is 12.0. The molecule has 1 saturated heterocycles. The Morgan fingerprint density at radius 2 is 2.00 bits per heavy atom. The number of ketones is 1. The Bertz CT molecular complexity index is 1050. The third-order valence-electron chi connectivity index (χ3n) is 8.62. The van der Waals surface area contributed by atoms with Gasteiger partial charge in [0.15, 0.2) is 5.78 Å². The number of aromatic nitrogens is 1. The highest BCUT2D eigenvalue weighted by atomic mass is 16.6. The minimum atomic E-state index is -1.16. The molecule has 4 aliphatic rings. The first-order valence-electron chi connectivity index (χ1n) is 12.0. The molecular weight excluding hydrogens is 426 g/mol. The van der Waals surface area contributed by atoms with E-state index < -0.39 is 46.9 Å². The summed E-state index contributed by atoms with van der Waals surface area (Å²) in [6, 6.07) is 0. The molecule has 0 amide bonds. The van der Waals surface area contributed by atoms with Crippen LogP contribution in [-0.4, -0.2) is 51.4 Å². The van der Waals surface area contributed by atoms with Crippen LogP contribution in [-0.2, 0) is 15.1 Å². The lowest BCUT2D eigenvalue weighted by molar-refractivity contribution is -0.0617. The molecule has 9 atom stereocenters. The summed E-state index contributed by atoms with van der Waals surface area (Å²) in [5.74, 6) is -0.464. The Labute approximate surface area is 192 Å². The van der Waals surface area contributed by atoms with Crippen LogP contribution in [0.25, 0.3) is 0 Å². The van der Waals surface area contributed by atoms with E-state index in [1.807, 2.05) is 13.0 Å². The predicted molar refractivity (Wildman–Crippen MR) is 118 cm³/mol. The first-order chi connectivity index (χ1) is 15.7. The third-order valence-corrected chi connectivity index (χ3v) is 8.62. The second-order valence-electron chi connectivity index (χ2n) is 10.5. The molecule has 5 rings (SSSR count). The fraction of sp³-hybridized carbons (Fsp3) is 0.680. The number of methoxy groups -OCH3 is 1. The Hall–Kier alpha value is -2.16. The van der Waals surface area contributed by atoms with Crippen molar-refractivity contribution in [3.05, 3.63) is 39.8 Å². The van der Waals surface area contributed by atoms with Crippen molar-refractivity contribution < 1.29 is 29.7 Å². The Morgan fingerprint density at radius 1 is 1.24 bits per heavy atom. The van der Waals surface area contributed by atoms with Gasteiger partial charge >= 0.3 is 0 Å². The van der Waals surface area contributed by atoms with Crippen LogP contribution in [0.1, 0.15) is 61.9 Å². The van der Waals surface area contributed by atoms with Crippen LogP contribution < -0.4 is 5.56 Å². The Kier molecular flexibility index (Phi) is 5.46. The van der Waals surface area contributed by atoms with Crippen LogP contribution in [0.5, 0.6) is 5.75 Å². The molecule has 0 radical (unpaired) electrons. The van der Waals surface area contributed by atoms with E-state index in [4.69, 9.17) is 9.47 Å². The van der Waals surface area contributed by atoms with E-state index in [0.29, 0.717) is 23.5 Å². The van der Waals surface area contributed by atoms with Gasteiger partial charge in [-0.05, 0) is 49.4 Å². The maximum absolute atomic E-state index is 13.9. The van der Waals surface area contributed by atoms with Crippen molar-refractivity contribution >= 4 is 5.78 Å². The fourth-order valence-electron chi connectivity index (χ4n) is 6.74. The smallest absolute Gasteiger partial charge is 0.297 e. The number of fused-ring (bicyclic) bond motifs is 2. The van der Waals surface area contributed by atoms with Crippen LogP contribution in [0.4, 0.5) is 0 Å². The lowest BCUT2D eigenvalue weighted by Gasteiger charge is -2.42. The molecule has 8 heteroatoms. The number of epoxide rings is 1. The fourth-order valence-corrected chi connectivity index (χ4v) is 6.74. The summed E-state index contributed by atoms with van der Waals surface area (Å²) in [7, 11) is 1.46. The molecule has 1 aliphatic heterocycles. The van der Waals surface area contributed by atoms with Gasteiger partial charge in [-0.1, -0.05) is 32.4 Å². The molecule has 1 aromatic rings. The lowest BCUT2D eigenvalue weighted by Crippen LogP contribution is -2.45. The summed E-state index contributed by atoms with van der Waals surface area (Å²) < 4.78 is 11.8. The predicted octanol–water partition coefficient (Wildman–Crippen LogP) is 2.61. The van der Waals surface area contributed by atoms with E-state index in [1.54, 1.807) is 0 Å². The molecule has 180 valence electrons. The molecule has 0 spiro atoms. The van der Waals surface area contributed by atoms with Gasteiger partial charge in [0.25, 0.3) is 5.56 Å². The van der Waals surface area contributed by atoms with E-state index in [1.165, 1.54) is 7.11 Å². The molecule has 0 bridgehead atoms. The SMILES string of the molecule is CO[C@]1(c2cn(O)c(=O)c(C(=O)[C@H]3[C@@H]4CC[C@@H](C)C[C@H]4C=C[C@H]3C)c2O)CC[C@@H](O)[C@H]2O[C@H]21. The van der Waals surface area contributed by atoms with Crippen molar-refractivity contribution in [2.45, 2.75) is 69.9 Å². The molecule has 33 heavy (non-hydrogen) atoms. The highest BCUT2D eigenvalue weighted by Crippen LogP contribution is 2.53. The minimum Gasteiger partial charge on any atom is -0.507 e. The van der Waals surface area contributed by atoms with E-state index in [2.05, 4.69) is 13.0 Å². The third kappa shape index (κ3) is 3.37. The number of hydrogen-bond acceptors (Lipinski definition) is 7. The van der Waals surface area contributed by atoms with Crippen molar-refractivity contribution in [3.8, 4) is 5.75 Å². The highest BCUT2D eigenvalue weighted by Gasteiger charge is 2.63. The van der Waals surface area contributed by atoms with Gasteiger partial charge in [-0.15, -0.1) is 0 Å². The van der Waals surface area contributed by atoms with Gasteiger partial charge < -0.3 is 24.9 Å². The maximum Gasteiger partial charge on any atom is 0.297 e. The summed E-state index contributed by atoms with van der Waals surface area (Å²) in [4.78, 5) is 26.8. The number of ether oxygens (including phenoxy) is 2. The molecule has 3 aliphatic carbocycles. The average molecular weight is 460 g/mol. The normalized spacial score (nSPS) is 41.8. The number of nitrogens with zero attached hydrogens (tertiary/aromatic N) is 1. The number of rotatable bonds is 4. The molecule has 2 saturated carbocycles. The number of Topliss-reactive ketones (excluding diaryl/α,β-unsaturated/α-hetero) is 1. The minimum absolute atomic E-state index is 0.0842. The molecule has 3 fully saturated rings. The number of aliphatic hydroxyl groups is 1. The number of aliphatic hydroxyl groups excluding tert-OH is 1. The van der Waals surface area contributed by atoms with Gasteiger partial charge in [0, 0.05) is 18.6 Å². The number of carbonyl (C=O) groups is 1. The van der Waals surface area contributed by atoms with Crippen molar-refractivity contribution in [2.75, 3.05) is 7.11 Å². The first kappa shape index (κ1) is 22.6. The zero-order valence-electron chi connectivity index (χ0n) is 19.3. The van der Waals surface area contributed by atoms with Crippen molar-refractivity contribution in [1.82, 2.24) is 4.73 Å². The van der Waals surface area contributed by atoms with Crippen LogP contribution in [0.3, 0.4) is 0 Å². The highest BCUT2D eigenvalue weighted by molar-refractivity contribution is 6.01. The Balaban J connectivity index is 1.58. The standard InChI is InChI=1S/C25H33NO7/c1-12-4-7-15-14(10-12)6-5-13(2)18(15)21(29)19-20(28)16(11-26(31)24(19)30)25(32-3)9-8-17(27)22-23(25)33-22/h5-6,11-15,17-18,22-23,27-28,31H,4,7-10H2,1-3H3/t12-,13-,14-,15-,17-,18-,22-,23-,25+/m1/s1. The molecule has 8 nitrogen and oxygen atoms in total.